The van der Waals surface area contributed by atoms with E-state index in [2.05, 4.69) is 0 Å². The van der Waals surface area contributed by atoms with Gasteiger partial charge in [-0.05, 0) is 18.2 Å². The summed E-state index contributed by atoms with van der Waals surface area (Å²) in [5.74, 6) is -3.65. The number of ether oxygens (including phenoxy) is 1. The van der Waals surface area contributed by atoms with Crippen molar-refractivity contribution in [3.05, 3.63) is 63.2 Å². The number of alkyl halides is 3. The number of carbonyl (C=O) groups is 1. The summed E-state index contributed by atoms with van der Waals surface area (Å²) in [5, 5.41) is 20.1. The molecule has 0 fully saturated rings. The zero-order valence-electron chi connectivity index (χ0n) is 11.7. The van der Waals surface area contributed by atoms with E-state index in [0.29, 0.717) is 12.1 Å². The average molecular weight is 364 g/mol. The highest BCUT2D eigenvalue weighted by Gasteiger charge is 2.55. The van der Waals surface area contributed by atoms with E-state index in [0.717, 1.165) is 18.2 Å². The molecular formula is C14H9ClF3NO5. The van der Waals surface area contributed by atoms with Gasteiger partial charge in [-0.1, -0.05) is 29.8 Å². The molecule has 0 heterocycles. The van der Waals surface area contributed by atoms with E-state index in [1.54, 1.807) is 0 Å². The molecule has 128 valence electrons. The third-order valence-electron chi connectivity index (χ3n) is 3.28. The second-order valence-electron chi connectivity index (χ2n) is 4.81. The van der Waals surface area contributed by atoms with E-state index < -0.39 is 45.0 Å². The van der Waals surface area contributed by atoms with Crippen molar-refractivity contribution in [1.29, 1.82) is 0 Å². The van der Waals surface area contributed by atoms with Crippen molar-refractivity contribution >= 4 is 17.6 Å². The lowest BCUT2D eigenvalue weighted by Gasteiger charge is -2.28. The fourth-order valence-electron chi connectivity index (χ4n) is 2.11. The minimum absolute atomic E-state index is 0.437. The molecule has 0 bridgehead atoms. The number of rotatable bonds is 4. The first kappa shape index (κ1) is 17.8. The van der Waals surface area contributed by atoms with Crippen molar-refractivity contribution in [2.24, 2.45) is 5.92 Å². The van der Waals surface area contributed by atoms with Crippen LogP contribution >= 0.6 is 11.6 Å². The van der Waals surface area contributed by atoms with E-state index >= 15 is 0 Å². The monoisotopic (exact) mass is 363 g/mol. The van der Waals surface area contributed by atoms with Gasteiger partial charge in [0.2, 0.25) is 0 Å². The summed E-state index contributed by atoms with van der Waals surface area (Å²) in [6.45, 7) is 0. The van der Waals surface area contributed by atoms with Crippen LogP contribution < -0.4 is 4.74 Å². The summed E-state index contributed by atoms with van der Waals surface area (Å²) in [5.41, 5.74) is -3.59. The summed E-state index contributed by atoms with van der Waals surface area (Å²) >= 11 is 5.71. The molecule has 10 heteroatoms. The topological polar surface area (TPSA) is 89.7 Å². The molecular weight excluding hydrogens is 355 g/mol. The number of hydrogen-bond acceptors (Lipinski definition) is 4. The molecule has 0 aromatic heterocycles. The second kappa shape index (κ2) is 6.16. The van der Waals surface area contributed by atoms with Crippen LogP contribution in [0.4, 0.5) is 13.2 Å². The van der Waals surface area contributed by atoms with Crippen LogP contribution in [0.25, 0.3) is 0 Å². The average Bonchev–Trinajstić information content (AvgIpc) is 2.48. The molecule has 2 atom stereocenters. The fraction of sp³-hybridized carbons (Fsp3) is 0.214. The van der Waals surface area contributed by atoms with Crippen molar-refractivity contribution in [2.45, 2.75) is 11.9 Å². The number of nitrogens with zero attached hydrogens (tertiary/aromatic N) is 1. The number of aliphatic carboxylic acids is 1. The highest BCUT2D eigenvalue weighted by molar-refractivity contribution is 6.32. The van der Waals surface area contributed by atoms with Crippen LogP contribution in [0.15, 0.2) is 42.5 Å². The summed E-state index contributed by atoms with van der Waals surface area (Å²) in [6.07, 6.45) is -0.207. The molecule has 0 aliphatic heterocycles. The maximum atomic E-state index is 12.6. The molecule has 2 rings (SSSR count). The number of hydrogen-bond donors (Lipinski definition) is 1. The Hall–Kier alpha value is -2.55. The maximum Gasteiger partial charge on any atom is 0.416 e. The van der Waals surface area contributed by atoms with Gasteiger partial charge >= 0.3 is 17.9 Å². The van der Waals surface area contributed by atoms with Crippen LogP contribution in [0.5, 0.6) is 5.75 Å². The van der Waals surface area contributed by atoms with Gasteiger partial charge in [0.15, 0.2) is 5.92 Å². The minimum atomic E-state index is -4.65. The Morgan fingerprint density at radius 2 is 2.04 bits per heavy atom. The predicted octanol–water partition coefficient (Wildman–Crippen LogP) is 3.54. The van der Waals surface area contributed by atoms with Gasteiger partial charge in [0, 0.05) is 6.08 Å². The Morgan fingerprint density at radius 3 is 2.54 bits per heavy atom. The molecule has 0 radical (unpaired) electrons. The normalized spacial score (nSPS) is 23.1. The lowest BCUT2D eigenvalue weighted by molar-refractivity contribution is -0.605. The Labute approximate surface area is 137 Å². The second-order valence-corrected chi connectivity index (χ2v) is 5.22. The molecule has 1 N–H and O–H groups in total. The third-order valence-corrected chi connectivity index (χ3v) is 3.57. The lowest BCUT2D eigenvalue weighted by atomic mass is 9.91. The van der Waals surface area contributed by atoms with Crippen molar-refractivity contribution in [3.63, 3.8) is 0 Å². The van der Waals surface area contributed by atoms with Crippen LogP contribution in [0.1, 0.15) is 5.56 Å². The number of allylic oxidation sites excluding steroid dienone is 2. The number of nitro groups is 1. The molecule has 1 aromatic rings. The first-order chi connectivity index (χ1) is 11.1. The smallest absolute Gasteiger partial charge is 0.416 e. The highest BCUT2D eigenvalue weighted by atomic mass is 35.5. The summed E-state index contributed by atoms with van der Waals surface area (Å²) in [4.78, 5) is 21.8. The van der Waals surface area contributed by atoms with Crippen LogP contribution in [0.2, 0.25) is 5.02 Å². The Balaban J connectivity index is 2.46. The van der Waals surface area contributed by atoms with Gasteiger partial charge in [-0.15, -0.1) is 0 Å². The SMILES string of the molecule is O=C(O)C1C=CC=CC1(Oc1ccc(C(F)(F)F)cc1Cl)[N+](=O)[O-]. The minimum Gasteiger partial charge on any atom is -0.480 e. The molecule has 1 aromatic carbocycles. The van der Waals surface area contributed by atoms with Crippen LogP contribution in [-0.2, 0) is 11.0 Å². The zero-order valence-corrected chi connectivity index (χ0v) is 12.4. The number of halogens is 4. The molecule has 0 saturated heterocycles. The largest absolute Gasteiger partial charge is 0.480 e. The van der Waals surface area contributed by atoms with E-state index in [9.17, 15) is 28.1 Å². The Morgan fingerprint density at radius 1 is 1.38 bits per heavy atom. The molecule has 0 spiro atoms. The van der Waals surface area contributed by atoms with Gasteiger partial charge < -0.3 is 9.84 Å². The third kappa shape index (κ3) is 3.21. The number of carboxylic acids is 1. The molecule has 24 heavy (non-hydrogen) atoms. The van der Waals surface area contributed by atoms with Crippen molar-refractivity contribution in [1.82, 2.24) is 0 Å². The molecule has 0 amide bonds. The molecule has 2 unspecified atom stereocenters. The van der Waals surface area contributed by atoms with E-state index in [-0.39, 0.29) is 0 Å². The first-order valence-electron chi connectivity index (χ1n) is 6.37. The number of benzene rings is 1. The van der Waals surface area contributed by atoms with Crippen molar-refractivity contribution in [2.75, 3.05) is 0 Å². The zero-order chi connectivity index (χ0) is 18.1. The maximum absolute atomic E-state index is 12.6. The van der Waals surface area contributed by atoms with E-state index in [1.807, 2.05) is 0 Å². The van der Waals surface area contributed by atoms with Crippen molar-refractivity contribution in [3.8, 4) is 5.75 Å². The summed E-state index contributed by atoms with van der Waals surface area (Å²) in [7, 11) is 0. The Bertz CT molecular complexity index is 746. The summed E-state index contributed by atoms with van der Waals surface area (Å²) < 4.78 is 43.0. The van der Waals surface area contributed by atoms with Gasteiger partial charge in [-0.3, -0.25) is 14.9 Å². The highest BCUT2D eigenvalue weighted by Crippen LogP contribution is 2.38. The Kier molecular flexibility index (Phi) is 4.57. The van der Waals surface area contributed by atoms with Gasteiger partial charge in [0.05, 0.1) is 15.5 Å². The first-order valence-corrected chi connectivity index (χ1v) is 6.75. The molecule has 1 aliphatic rings. The van der Waals surface area contributed by atoms with E-state index in [1.165, 1.54) is 12.2 Å². The van der Waals surface area contributed by atoms with Crippen LogP contribution in [0.3, 0.4) is 0 Å². The predicted molar refractivity (Wildman–Crippen MR) is 76.2 cm³/mol. The van der Waals surface area contributed by atoms with Crippen molar-refractivity contribution < 1.29 is 32.7 Å². The van der Waals surface area contributed by atoms with Gasteiger partial charge in [-0.25, -0.2) is 0 Å². The molecule has 0 saturated carbocycles. The fourth-order valence-corrected chi connectivity index (χ4v) is 2.33. The molecule has 6 nitrogen and oxygen atoms in total. The van der Waals surface area contributed by atoms with Gasteiger partial charge in [0.25, 0.3) is 0 Å². The standard InChI is InChI=1S/C14H9ClF3NO5/c15-10-7-8(14(16,17)18)4-5-11(10)24-13(19(22)23)6-2-1-3-9(13)12(20)21/h1-7,9H,(H,20,21). The van der Waals surface area contributed by atoms with Crippen LogP contribution in [-0.4, -0.2) is 21.7 Å². The van der Waals surface area contributed by atoms with E-state index in [4.69, 9.17) is 21.4 Å². The lowest BCUT2D eigenvalue weighted by Crippen LogP contribution is -2.52. The van der Waals surface area contributed by atoms with Gasteiger partial charge in [0.1, 0.15) is 5.75 Å². The quantitative estimate of drug-likeness (QED) is 0.502. The summed E-state index contributed by atoms with van der Waals surface area (Å²) in [6, 6.07) is 1.98. The molecule has 1 aliphatic carbocycles. The number of carboxylic acid groups (broad SMARTS) is 1. The van der Waals surface area contributed by atoms with Crippen LogP contribution in [0, 0.1) is 16.0 Å². The van der Waals surface area contributed by atoms with Gasteiger partial charge in [-0.2, -0.15) is 13.2 Å².